The minimum absolute atomic E-state index is 0.0293. The molecular weight excluding hydrogens is 755 g/mol. The summed E-state index contributed by atoms with van der Waals surface area (Å²) < 4.78 is 17.6. The summed E-state index contributed by atoms with van der Waals surface area (Å²) in [5.74, 6) is -3.60. The number of allylic oxidation sites excluding steroid dienone is 8. The number of nitrogens with one attached hydrogen (secondary N) is 1. The van der Waals surface area contributed by atoms with E-state index in [0.717, 1.165) is 25.7 Å². The van der Waals surface area contributed by atoms with E-state index in [1.54, 1.807) is 6.92 Å². The Kier molecular flexibility index (Phi) is 16.0. The minimum atomic E-state index is -2.07. The topological polar surface area (TPSA) is 189 Å². The van der Waals surface area contributed by atoms with Crippen LogP contribution in [0.3, 0.4) is 0 Å². The number of aliphatic hydroxyl groups is 2. The molecule has 1 amide bonds. The molecule has 0 saturated carbocycles. The van der Waals surface area contributed by atoms with Gasteiger partial charge in [-0.05, 0) is 64.9 Å². The van der Waals surface area contributed by atoms with Crippen LogP contribution < -0.4 is 10.1 Å². The van der Waals surface area contributed by atoms with Gasteiger partial charge in [0.2, 0.25) is 11.7 Å². The SMILES string of the molecule is CCCCC/C=C/C/C=C/C/C=C/C/C=C/CCCC(=O)NC1CC(OC2CC(O)(C(C)=O)Cc3c(O)c4c(c(O)c32)C(=O)c2c(OC)cccc2C4=O)OC(C)C1O. The van der Waals surface area contributed by atoms with E-state index in [1.165, 1.54) is 51.5 Å². The average molecular weight is 814 g/mol. The second-order valence-electron chi connectivity index (χ2n) is 15.6. The first-order valence-electron chi connectivity index (χ1n) is 20.8. The number of phenolic OH excluding ortho intramolecular Hbond substituents is 2. The molecule has 2 aromatic carbocycles. The summed E-state index contributed by atoms with van der Waals surface area (Å²) in [7, 11) is 1.34. The average Bonchev–Trinajstić information content (AvgIpc) is 3.20. The maximum absolute atomic E-state index is 13.9. The zero-order chi connectivity index (χ0) is 42.7. The maximum atomic E-state index is 13.9. The monoisotopic (exact) mass is 813 g/mol. The van der Waals surface area contributed by atoms with Crippen molar-refractivity contribution in [2.24, 2.45) is 0 Å². The standard InChI is InChI=1S/C47H59NO11/c1-5-6-7-8-9-10-11-12-13-14-15-16-17-18-19-20-21-25-36(50)48-33-26-37(58-29(2)42(33)51)59-35-28-47(56,30(3)49)27-32-39(35)46(55)41-40(44(32)53)43(52)31-23-22-24-34(57-4)38(31)45(41)54/h9-10,12-13,15-16,18-19,22-24,29,33,35,37,42,51,53,55-56H,5-8,11,14,17,20-21,25-28H2,1-4H3,(H,48,50)/b10-9+,13-12+,16-15+,19-18+. The summed E-state index contributed by atoms with van der Waals surface area (Å²) in [6, 6.07) is 3.65. The molecule has 2 aliphatic carbocycles. The predicted molar refractivity (Wildman–Crippen MR) is 223 cm³/mol. The smallest absolute Gasteiger partial charge is 0.220 e. The molecule has 6 atom stereocenters. The van der Waals surface area contributed by atoms with Gasteiger partial charge < -0.3 is 40.0 Å². The first-order chi connectivity index (χ1) is 28.3. The number of ether oxygens (including phenoxy) is 3. The van der Waals surface area contributed by atoms with Crippen molar-refractivity contribution in [2.75, 3.05) is 7.11 Å². The van der Waals surface area contributed by atoms with Crippen molar-refractivity contribution in [1.82, 2.24) is 5.32 Å². The number of benzene rings is 2. The summed E-state index contributed by atoms with van der Waals surface area (Å²) in [6.45, 7) is 5.00. The first-order valence-corrected chi connectivity index (χ1v) is 20.8. The Labute approximate surface area is 346 Å². The molecule has 12 nitrogen and oxygen atoms in total. The number of hydrogen-bond donors (Lipinski definition) is 5. The second kappa shape index (κ2) is 20.9. The number of amides is 1. The van der Waals surface area contributed by atoms with Crippen LogP contribution in [0.15, 0.2) is 66.8 Å². The van der Waals surface area contributed by atoms with Crippen LogP contribution in [0.1, 0.15) is 147 Å². The van der Waals surface area contributed by atoms with Crippen LogP contribution in [0.25, 0.3) is 0 Å². The molecule has 1 aliphatic heterocycles. The fraction of sp³-hybridized carbons (Fsp3) is 0.489. The van der Waals surface area contributed by atoms with Crippen LogP contribution in [0.2, 0.25) is 0 Å². The van der Waals surface area contributed by atoms with Gasteiger partial charge in [0.1, 0.15) is 29.0 Å². The molecule has 0 spiro atoms. The normalized spacial score (nSPS) is 24.2. The largest absolute Gasteiger partial charge is 0.507 e. The number of aromatic hydroxyl groups is 2. The van der Waals surface area contributed by atoms with Crippen molar-refractivity contribution in [3.05, 3.63) is 100 Å². The maximum Gasteiger partial charge on any atom is 0.220 e. The Morgan fingerprint density at radius 2 is 1.53 bits per heavy atom. The van der Waals surface area contributed by atoms with Gasteiger partial charge in [0.15, 0.2) is 17.9 Å². The second-order valence-corrected chi connectivity index (χ2v) is 15.6. The Morgan fingerprint density at radius 3 is 2.15 bits per heavy atom. The number of methoxy groups -OCH3 is 1. The molecule has 0 bridgehead atoms. The number of aliphatic hydroxyl groups excluding tert-OH is 1. The van der Waals surface area contributed by atoms with Crippen molar-refractivity contribution in [3.8, 4) is 17.2 Å². The number of carbonyl (C=O) groups is 4. The van der Waals surface area contributed by atoms with E-state index >= 15 is 0 Å². The predicted octanol–water partition coefficient (Wildman–Crippen LogP) is 7.33. The summed E-state index contributed by atoms with van der Waals surface area (Å²) >= 11 is 0. The highest BCUT2D eigenvalue weighted by Gasteiger charge is 2.49. The van der Waals surface area contributed by atoms with Crippen molar-refractivity contribution >= 4 is 23.3 Å². The highest BCUT2D eigenvalue weighted by molar-refractivity contribution is 6.31. The lowest BCUT2D eigenvalue weighted by Gasteiger charge is -2.42. The quantitative estimate of drug-likeness (QED) is 0.0463. The van der Waals surface area contributed by atoms with Gasteiger partial charge in [0.25, 0.3) is 0 Å². The minimum Gasteiger partial charge on any atom is -0.507 e. The van der Waals surface area contributed by atoms with Gasteiger partial charge >= 0.3 is 0 Å². The molecule has 12 heteroatoms. The van der Waals surface area contributed by atoms with Gasteiger partial charge in [-0.25, -0.2) is 0 Å². The highest BCUT2D eigenvalue weighted by Crippen LogP contribution is 2.52. The molecule has 2 aromatic rings. The summed E-state index contributed by atoms with van der Waals surface area (Å²) in [5.41, 5.74) is -3.28. The van der Waals surface area contributed by atoms with E-state index < -0.39 is 82.6 Å². The molecule has 5 N–H and O–H groups in total. The molecule has 3 aliphatic rings. The number of phenols is 2. The number of rotatable bonds is 19. The third-order valence-electron chi connectivity index (χ3n) is 11.3. The Bertz CT molecular complexity index is 1980. The van der Waals surface area contributed by atoms with E-state index in [-0.39, 0.29) is 53.2 Å². The number of Topliss-reactive ketones (excluding diaryl/α,β-unsaturated/α-hetero) is 1. The summed E-state index contributed by atoms with van der Waals surface area (Å²) in [5, 5.41) is 48.8. The molecule has 318 valence electrons. The lowest BCUT2D eigenvalue weighted by atomic mass is 9.72. The zero-order valence-electron chi connectivity index (χ0n) is 34.6. The van der Waals surface area contributed by atoms with Crippen LogP contribution >= 0.6 is 0 Å². The van der Waals surface area contributed by atoms with E-state index in [1.807, 2.05) is 6.08 Å². The molecule has 1 fully saturated rings. The van der Waals surface area contributed by atoms with Gasteiger partial charge in [-0.1, -0.05) is 80.5 Å². The Balaban J connectivity index is 1.20. The van der Waals surface area contributed by atoms with Crippen molar-refractivity contribution in [3.63, 3.8) is 0 Å². The van der Waals surface area contributed by atoms with Crippen LogP contribution in [-0.2, 0) is 25.5 Å². The molecule has 6 unspecified atom stereocenters. The van der Waals surface area contributed by atoms with Gasteiger partial charge in [0.05, 0.1) is 42.0 Å². The van der Waals surface area contributed by atoms with Crippen molar-refractivity contribution in [1.29, 1.82) is 0 Å². The summed E-state index contributed by atoms with van der Waals surface area (Å²) in [4.78, 5) is 53.5. The van der Waals surface area contributed by atoms with Crippen LogP contribution in [0.5, 0.6) is 17.2 Å². The number of hydrogen-bond acceptors (Lipinski definition) is 11. The molecule has 0 aromatic heterocycles. The molecule has 5 rings (SSSR count). The third-order valence-corrected chi connectivity index (χ3v) is 11.3. The molecule has 1 saturated heterocycles. The molecule has 1 heterocycles. The first kappa shape index (κ1) is 45.2. The van der Waals surface area contributed by atoms with Crippen LogP contribution in [0, 0.1) is 0 Å². The van der Waals surface area contributed by atoms with Gasteiger partial charge in [-0.2, -0.15) is 0 Å². The van der Waals surface area contributed by atoms with Crippen molar-refractivity contribution in [2.45, 2.75) is 140 Å². The molecule has 59 heavy (non-hydrogen) atoms. The fourth-order valence-electron chi connectivity index (χ4n) is 7.99. The number of carbonyl (C=O) groups excluding carboxylic acids is 4. The lowest BCUT2D eigenvalue weighted by molar-refractivity contribution is -0.249. The third kappa shape index (κ3) is 10.7. The lowest BCUT2D eigenvalue weighted by Crippen LogP contribution is -2.55. The number of fused-ring (bicyclic) bond motifs is 3. The molecular formula is C47H59NO11. The van der Waals surface area contributed by atoms with E-state index in [2.05, 4.69) is 54.8 Å². The fourth-order valence-corrected chi connectivity index (χ4v) is 7.99. The zero-order valence-corrected chi connectivity index (χ0v) is 34.6. The Hall–Kier alpha value is -4.88. The Morgan fingerprint density at radius 1 is 0.898 bits per heavy atom. The van der Waals surface area contributed by atoms with Gasteiger partial charge in [-0.15, -0.1) is 0 Å². The van der Waals surface area contributed by atoms with Gasteiger partial charge in [0, 0.05) is 42.4 Å². The van der Waals surface area contributed by atoms with Crippen LogP contribution in [-0.4, -0.2) is 80.9 Å². The van der Waals surface area contributed by atoms with E-state index in [0.29, 0.717) is 12.8 Å². The number of unbranched alkanes of at least 4 members (excludes halogenated alkanes) is 4. The highest BCUT2D eigenvalue weighted by atomic mass is 16.7. The number of ketones is 3. The van der Waals surface area contributed by atoms with Gasteiger partial charge in [-0.3, -0.25) is 19.2 Å². The van der Waals surface area contributed by atoms with Crippen molar-refractivity contribution < 1.29 is 53.8 Å². The van der Waals surface area contributed by atoms with Crippen LogP contribution in [0.4, 0.5) is 0 Å². The summed E-state index contributed by atoms with van der Waals surface area (Å²) in [6.07, 6.45) is 21.1. The molecule has 0 radical (unpaired) electrons. The van der Waals surface area contributed by atoms with E-state index in [9.17, 15) is 39.6 Å². The van der Waals surface area contributed by atoms with E-state index in [4.69, 9.17) is 14.2 Å².